The van der Waals surface area contributed by atoms with E-state index in [4.69, 9.17) is 4.98 Å². The van der Waals surface area contributed by atoms with E-state index in [0.29, 0.717) is 18.2 Å². The number of carbonyl (C=O) groups is 2. The Kier molecular flexibility index (Phi) is 8.02. The molecule has 9 heteroatoms. The Labute approximate surface area is 233 Å². The van der Waals surface area contributed by atoms with Crippen molar-refractivity contribution < 1.29 is 9.59 Å². The smallest absolute Gasteiger partial charge is 0.248 e. The third kappa shape index (κ3) is 6.62. The second-order valence-corrected chi connectivity index (χ2v) is 10.1. The van der Waals surface area contributed by atoms with Crippen LogP contribution in [0.4, 0.5) is 23.0 Å². The van der Waals surface area contributed by atoms with Crippen molar-refractivity contribution in [2.75, 3.05) is 49.7 Å². The Morgan fingerprint density at radius 2 is 1.75 bits per heavy atom. The number of fused-ring (bicyclic) bond motifs is 1. The molecule has 0 saturated carbocycles. The second-order valence-electron chi connectivity index (χ2n) is 10.1. The van der Waals surface area contributed by atoms with Crippen LogP contribution in [0.2, 0.25) is 0 Å². The lowest BCUT2D eigenvalue weighted by Crippen LogP contribution is -2.56. The van der Waals surface area contributed by atoms with Crippen LogP contribution < -0.4 is 16.0 Å². The van der Waals surface area contributed by atoms with Crippen LogP contribution in [0.15, 0.2) is 85.1 Å². The predicted octanol–water partition coefficient (Wildman–Crippen LogP) is 4.74. The van der Waals surface area contributed by atoms with Crippen molar-refractivity contribution in [1.29, 1.82) is 0 Å². The highest BCUT2D eigenvalue weighted by Crippen LogP contribution is 2.30. The number of rotatable bonds is 9. The third-order valence-corrected chi connectivity index (χ3v) is 6.63. The summed E-state index contributed by atoms with van der Waals surface area (Å²) in [6.07, 6.45) is 5.19. The molecule has 4 aromatic rings. The molecule has 1 saturated heterocycles. The van der Waals surface area contributed by atoms with Gasteiger partial charge in [-0.15, -0.1) is 0 Å². The minimum absolute atomic E-state index is 0.110. The van der Waals surface area contributed by atoms with E-state index < -0.39 is 0 Å². The Bertz CT molecular complexity index is 1540. The van der Waals surface area contributed by atoms with E-state index in [1.807, 2.05) is 103 Å². The molecule has 3 aromatic carbocycles. The van der Waals surface area contributed by atoms with Crippen molar-refractivity contribution in [2.24, 2.45) is 0 Å². The molecular weight excluding hydrogens is 502 g/mol. The Morgan fingerprint density at radius 3 is 2.50 bits per heavy atom. The van der Waals surface area contributed by atoms with Gasteiger partial charge in [-0.25, -0.2) is 9.97 Å². The summed E-state index contributed by atoms with van der Waals surface area (Å²) in [4.78, 5) is 36.9. The van der Waals surface area contributed by atoms with Crippen LogP contribution in [-0.4, -0.2) is 71.4 Å². The molecule has 0 atom stereocenters. The highest BCUT2D eigenvalue weighted by atomic mass is 16.2. The summed E-state index contributed by atoms with van der Waals surface area (Å²) in [7, 11) is 3.91. The molecule has 0 unspecified atom stereocenters. The van der Waals surface area contributed by atoms with Crippen molar-refractivity contribution in [3.05, 3.63) is 85.1 Å². The molecule has 5 rings (SSSR count). The van der Waals surface area contributed by atoms with Crippen LogP contribution in [0.25, 0.3) is 22.0 Å². The largest absolute Gasteiger partial charge is 0.379 e. The Hall–Kier alpha value is -4.76. The second kappa shape index (κ2) is 12.0. The summed E-state index contributed by atoms with van der Waals surface area (Å²) >= 11 is 0. The highest BCUT2D eigenvalue weighted by Gasteiger charge is 2.28. The number of likely N-dealkylation sites (tertiary alicyclic amines) is 1. The molecule has 0 aliphatic carbocycles. The molecule has 0 bridgehead atoms. The van der Waals surface area contributed by atoms with Crippen molar-refractivity contribution in [3.8, 4) is 11.1 Å². The molecule has 204 valence electrons. The summed E-state index contributed by atoms with van der Waals surface area (Å²) in [5.41, 5.74) is 5.29. The summed E-state index contributed by atoms with van der Waals surface area (Å²) in [6, 6.07) is 22.0. The van der Waals surface area contributed by atoms with Crippen molar-refractivity contribution in [2.45, 2.75) is 13.0 Å². The van der Waals surface area contributed by atoms with E-state index >= 15 is 0 Å². The monoisotopic (exact) mass is 535 g/mol. The molecular formula is C31H33N7O2. The number of nitrogens with zero attached hydrogens (tertiary/aromatic N) is 4. The lowest BCUT2D eigenvalue weighted by molar-refractivity contribution is -0.132. The average Bonchev–Trinajstić information content (AvgIpc) is 2.90. The zero-order valence-corrected chi connectivity index (χ0v) is 22.9. The minimum atomic E-state index is -0.169. The standard InChI is InChI=1S/C31H33N7O2/c1-21(39)38-19-27(20-38)33-24-12-14-25(15-13-24)35-31-32-18-23-8-5-10-28(30(23)36-31)22-7-4-9-26(17-22)34-29(40)11-6-16-37(2)3/h4-15,17-18,27,33H,16,19-20H2,1-3H3,(H,34,40)(H,32,35,36)/b11-6+. The van der Waals surface area contributed by atoms with Gasteiger partial charge < -0.3 is 25.8 Å². The number of anilines is 4. The lowest BCUT2D eigenvalue weighted by Gasteiger charge is -2.39. The van der Waals surface area contributed by atoms with E-state index in [-0.39, 0.29) is 17.9 Å². The Balaban J connectivity index is 1.29. The van der Waals surface area contributed by atoms with Gasteiger partial charge in [-0.3, -0.25) is 9.59 Å². The number of para-hydroxylation sites is 1. The number of likely N-dealkylation sites (N-methyl/N-ethyl adjacent to an activating group) is 1. The van der Waals surface area contributed by atoms with Crippen LogP contribution in [0.1, 0.15) is 6.92 Å². The SMILES string of the molecule is CC(=O)N1CC(Nc2ccc(Nc3ncc4cccc(-c5cccc(NC(=O)/C=C/CN(C)C)c5)c4n3)cc2)C1. The third-order valence-electron chi connectivity index (χ3n) is 6.63. The maximum Gasteiger partial charge on any atom is 0.248 e. The molecule has 40 heavy (non-hydrogen) atoms. The molecule has 2 heterocycles. The van der Waals surface area contributed by atoms with Gasteiger partial charge in [-0.2, -0.15) is 0 Å². The summed E-state index contributed by atoms with van der Waals surface area (Å²) in [5.74, 6) is 0.434. The molecule has 9 nitrogen and oxygen atoms in total. The molecule has 1 aliphatic rings. The van der Waals surface area contributed by atoms with E-state index in [1.54, 1.807) is 13.0 Å². The highest BCUT2D eigenvalue weighted by molar-refractivity contribution is 6.00. The van der Waals surface area contributed by atoms with E-state index in [9.17, 15) is 9.59 Å². The quantitative estimate of drug-likeness (QED) is 0.266. The fourth-order valence-electron chi connectivity index (χ4n) is 4.51. The first-order chi connectivity index (χ1) is 19.3. The number of carbonyl (C=O) groups excluding carboxylic acids is 2. The normalized spacial score (nSPS) is 13.4. The van der Waals surface area contributed by atoms with Crippen molar-refractivity contribution in [3.63, 3.8) is 0 Å². The Morgan fingerprint density at radius 1 is 1.00 bits per heavy atom. The van der Waals surface area contributed by atoms with Gasteiger partial charge in [0.1, 0.15) is 0 Å². The van der Waals surface area contributed by atoms with E-state index in [1.165, 1.54) is 0 Å². The molecule has 1 aromatic heterocycles. The number of hydrogen-bond donors (Lipinski definition) is 3. The predicted molar refractivity (Wildman–Crippen MR) is 161 cm³/mol. The van der Waals surface area contributed by atoms with E-state index in [0.717, 1.165) is 46.5 Å². The van der Waals surface area contributed by atoms with Gasteiger partial charge in [0.05, 0.1) is 11.6 Å². The maximum absolute atomic E-state index is 12.3. The molecule has 1 fully saturated rings. The van der Waals surface area contributed by atoms with Gasteiger partial charge in [0.2, 0.25) is 17.8 Å². The first-order valence-corrected chi connectivity index (χ1v) is 13.2. The number of benzene rings is 3. The first kappa shape index (κ1) is 26.8. The zero-order valence-electron chi connectivity index (χ0n) is 22.9. The number of nitrogens with one attached hydrogen (secondary N) is 3. The number of amides is 2. The van der Waals surface area contributed by atoms with Gasteiger partial charge >= 0.3 is 0 Å². The molecule has 1 aliphatic heterocycles. The first-order valence-electron chi connectivity index (χ1n) is 13.2. The van der Waals surface area contributed by atoms with Crippen LogP contribution >= 0.6 is 0 Å². The molecule has 0 spiro atoms. The fourth-order valence-corrected chi connectivity index (χ4v) is 4.51. The van der Waals surface area contributed by atoms with Gasteiger partial charge in [-0.1, -0.05) is 36.4 Å². The topological polar surface area (TPSA) is 102 Å². The van der Waals surface area contributed by atoms with Crippen LogP contribution in [0, 0.1) is 0 Å². The minimum Gasteiger partial charge on any atom is -0.379 e. The molecule has 2 amide bonds. The molecule has 0 radical (unpaired) electrons. The number of aromatic nitrogens is 2. The van der Waals surface area contributed by atoms with Crippen molar-refractivity contribution >= 4 is 45.7 Å². The molecule has 3 N–H and O–H groups in total. The van der Waals surface area contributed by atoms with Gasteiger partial charge in [-0.05, 0) is 56.1 Å². The zero-order chi connectivity index (χ0) is 28.1. The van der Waals surface area contributed by atoms with Gasteiger partial charge in [0.25, 0.3) is 0 Å². The van der Waals surface area contributed by atoms with Gasteiger partial charge in [0.15, 0.2) is 0 Å². The lowest BCUT2D eigenvalue weighted by atomic mass is 10.0. The van der Waals surface area contributed by atoms with Crippen LogP contribution in [0.3, 0.4) is 0 Å². The summed E-state index contributed by atoms with van der Waals surface area (Å²) in [5, 5.41) is 10.6. The van der Waals surface area contributed by atoms with E-state index in [2.05, 4.69) is 20.9 Å². The van der Waals surface area contributed by atoms with Crippen molar-refractivity contribution in [1.82, 2.24) is 19.8 Å². The fraction of sp³-hybridized carbons (Fsp3) is 0.226. The summed E-state index contributed by atoms with van der Waals surface area (Å²) in [6.45, 7) is 3.75. The average molecular weight is 536 g/mol. The summed E-state index contributed by atoms with van der Waals surface area (Å²) < 4.78 is 0. The van der Waals surface area contributed by atoms with Crippen LogP contribution in [-0.2, 0) is 9.59 Å². The van der Waals surface area contributed by atoms with Gasteiger partial charge in [0, 0.05) is 66.8 Å². The maximum atomic E-state index is 12.3. The number of hydrogen-bond acceptors (Lipinski definition) is 7. The van der Waals surface area contributed by atoms with Crippen LogP contribution in [0.5, 0.6) is 0 Å².